The summed E-state index contributed by atoms with van der Waals surface area (Å²) < 4.78 is 16.4. The van der Waals surface area contributed by atoms with Gasteiger partial charge in [0.1, 0.15) is 12.3 Å². The Morgan fingerprint density at radius 2 is 2.07 bits per heavy atom. The summed E-state index contributed by atoms with van der Waals surface area (Å²) in [5, 5.41) is 10.5. The van der Waals surface area contributed by atoms with Gasteiger partial charge in [0, 0.05) is 11.2 Å². The number of nitrogens with one attached hydrogen (secondary N) is 1. The molecule has 0 spiro atoms. The average molecular weight is 250 g/mol. The first-order valence-electron chi connectivity index (χ1n) is 4.01. The molecule has 5 nitrogen and oxygen atoms in total. The third-order valence-corrected chi connectivity index (χ3v) is 2.93. The van der Waals surface area contributed by atoms with E-state index in [1.807, 2.05) is 0 Å². The Hall–Kier alpha value is -1.03. The number of carboxylic acid groups (broad SMARTS) is 1. The molecule has 1 aromatic rings. The van der Waals surface area contributed by atoms with Gasteiger partial charge in [0.15, 0.2) is 0 Å². The van der Waals surface area contributed by atoms with E-state index in [1.165, 1.54) is 0 Å². The third-order valence-electron chi connectivity index (χ3n) is 1.39. The lowest BCUT2D eigenvalue weighted by Gasteiger charge is -2.12. The Bertz CT molecular complexity index is 383. The van der Waals surface area contributed by atoms with Gasteiger partial charge in [-0.1, -0.05) is 18.2 Å². The van der Waals surface area contributed by atoms with Gasteiger partial charge in [-0.05, 0) is 12.1 Å². The highest BCUT2D eigenvalue weighted by molar-refractivity contribution is 7.84. The number of hydrogen-bond acceptors (Lipinski definition) is 3. The molecule has 0 saturated carbocycles. The first-order chi connectivity index (χ1) is 6.99. The number of benzene rings is 1. The van der Waals surface area contributed by atoms with E-state index >= 15 is 0 Å². The molecule has 7 heteroatoms. The molecule has 2 N–H and O–H groups in total. The van der Waals surface area contributed by atoms with Crippen molar-refractivity contribution in [2.75, 3.05) is 6.54 Å². The molecule has 0 aromatic heterocycles. The van der Waals surface area contributed by atoms with Crippen LogP contribution in [0.3, 0.4) is 0 Å². The molecule has 0 aliphatic rings. The first-order valence-corrected chi connectivity index (χ1v) is 6.54. The fourth-order valence-electron chi connectivity index (χ4n) is 0.811. The topological polar surface area (TPSA) is 75.6 Å². The Labute approximate surface area is 91.3 Å². The van der Waals surface area contributed by atoms with Crippen molar-refractivity contribution in [3.05, 3.63) is 30.3 Å². The lowest BCUT2D eigenvalue weighted by atomic mass is 10.3. The summed E-state index contributed by atoms with van der Waals surface area (Å²) in [4.78, 5) is 10.2. The molecule has 82 valence electrons. The normalized spacial score (nSPS) is 14.2. The summed E-state index contributed by atoms with van der Waals surface area (Å²) >= 11 is 5.47. The Morgan fingerprint density at radius 3 is 2.60 bits per heavy atom. The molecular formula is C8H9ClNO4P. The average Bonchev–Trinajstić information content (AvgIpc) is 2.16. The molecule has 0 heterocycles. The third kappa shape index (κ3) is 4.83. The number of para-hydroxylation sites is 1. The minimum atomic E-state index is -3.63. The Balaban J connectivity index is 2.57. The second-order valence-corrected chi connectivity index (χ2v) is 5.41. The zero-order valence-corrected chi connectivity index (χ0v) is 9.24. The molecular weight excluding hydrogens is 241 g/mol. The highest BCUT2D eigenvalue weighted by atomic mass is 35.7. The van der Waals surface area contributed by atoms with Crippen molar-refractivity contribution in [3.8, 4) is 5.75 Å². The standard InChI is InChI=1S/C8H9ClNO4P/c9-15(13,10-6-8(11)12)14-7-4-2-1-3-5-7/h1-5H,6H2,(H,10,13)(H,11,12). The smallest absolute Gasteiger partial charge is 0.409 e. The van der Waals surface area contributed by atoms with Crippen LogP contribution in [0.5, 0.6) is 5.75 Å². The second-order valence-electron chi connectivity index (χ2n) is 2.61. The van der Waals surface area contributed by atoms with E-state index in [-0.39, 0.29) is 0 Å². The number of carbonyl (C=O) groups is 1. The molecule has 0 radical (unpaired) electrons. The fraction of sp³-hybridized carbons (Fsp3) is 0.125. The number of halogens is 1. The van der Waals surface area contributed by atoms with Crippen molar-refractivity contribution in [2.24, 2.45) is 0 Å². The molecule has 0 aliphatic carbocycles. The van der Waals surface area contributed by atoms with Gasteiger partial charge < -0.3 is 9.63 Å². The van der Waals surface area contributed by atoms with E-state index < -0.39 is 19.4 Å². The van der Waals surface area contributed by atoms with E-state index in [9.17, 15) is 9.36 Å². The van der Waals surface area contributed by atoms with E-state index in [1.54, 1.807) is 30.3 Å². The summed E-state index contributed by atoms with van der Waals surface area (Å²) in [7, 11) is 0. The zero-order chi connectivity index (χ0) is 11.3. The van der Waals surface area contributed by atoms with Crippen LogP contribution in [-0.4, -0.2) is 17.6 Å². The van der Waals surface area contributed by atoms with Gasteiger partial charge in [-0.2, -0.15) is 0 Å². The largest absolute Gasteiger partial charge is 0.480 e. The van der Waals surface area contributed by atoms with Gasteiger partial charge in [-0.3, -0.25) is 4.79 Å². The van der Waals surface area contributed by atoms with Crippen LogP contribution in [0.4, 0.5) is 0 Å². The molecule has 1 unspecified atom stereocenters. The van der Waals surface area contributed by atoms with Crippen LogP contribution >= 0.6 is 18.1 Å². The molecule has 0 amide bonds. The Kier molecular flexibility index (Phi) is 4.15. The number of hydrogen-bond donors (Lipinski definition) is 2. The van der Waals surface area contributed by atoms with E-state index in [4.69, 9.17) is 20.9 Å². The number of carboxylic acids is 1. The van der Waals surface area contributed by atoms with Crippen LogP contribution < -0.4 is 9.61 Å². The first kappa shape index (κ1) is 12.0. The van der Waals surface area contributed by atoms with Gasteiger partial charge in [-0.25, -0.2) is 9.65 Å². The summed E-state index contributed by atoms with van der Waals surface area (Å²) in [5.41, 5.74) is 0. The zero-order valence-electron chi connectivity index (χ0n) is 7.59. The molecule has 0 bridgehead atoms. The van der Waals surface area contributed by atoms with Crippen molar-refractivity contribution in [1.82, 2.24) is 5.09 Å². The highest BCUT2D eigenvalue weighted by Crippen LogP contribution is 2.47. The minimum Gasteiger partial charge on any atom is -0.480 e. The van der Waals surface area contributed by atoms with Crippen molar-refractivity contribution >= 4 is 24.1 Å². The predicted octanol–water partition coefficient (Wildman–Crippen LogP) is 2.09. The van der Waals surface area contributed by atoms with Crippen LogP contribution in [0.25, 0.3) is 0 Å². The maximum Gasteiger partial charge on any atom is 0.409 e. The quantitative estimate of drug-likeness (QED) is 0.782. The maximum absolute atomic E-state index is 11.5. The predicted molar refractivity (Wildman–Crippen MR) is 56.2 cm³/mol. The summed E-state index contributed by atoms with van der Waals surface area (Å²) in [6, 6.07) is 8.26. The van der Waals surface area contributed by atoms with E-state index in [0.29, 0.717) is 5.75 Å². The van der Waals surface area contributed by atoms with Crippen LogP contribution in [-0.2, 0) is 9.36 Å². The molecule has 15 heavy (non-hydrogen) atoms. The number of rotatable bonds is 5. The molecule has 1 aromatic carbocycles. The van der Waals surface area contributed by atoms with Gasteiger partial charge >= 0.3 is 12.8 Å². The van der Waals surface area contributed by atoms with Crippen molar-refractivity contribution in [3.63, 3.8) is 0 Å². The van der Waals surface area contributed by atoms with Gasteiger partial charge in [0.25, 0.3) is 0 Å². The summed E-state index contributed by atoms with van der Waals surface area (Å²) in [6.45, 7) is -4.15. The summed E-state index contributed by atoms with van der Waals surface area (Å²) in [6.07, 6.45) is 0. The SMILES string of the molecule is O=C(O)CNP(=O)(Cl)Oc1ccccc1. The van der Waals surface area contributed by atoms with Gasteiger partial charge in [0.2, 0.25) is 0 Å². The maximum atomic E-state index is 11.5. The van der Waals surface area contributed by atoms with Crippen LogP contribution in [0.2, 0.25) is 0 Å². The summed E-state index contributed by atoms with van der Waals surface area (Å²) in [5.74, 6) is -0.846. The van der Waals surface area contributed by atoms with Crippen LogP contribution in [0.15, 0.2) is 30.3 Å². The minimum absolute atomic E-state index is 0.314. The lowest BCUT2D eigenvalue weighted by Crippen LogP contribution is -2.19. The molecule has 0 fully saturated rings. The van der Waals surface area contributed by atoms with Gasteiger partial charge in [-0.15, -0.1) is 0 Å². The number of aliphatic carboxylic acids is 1. The van der Waals surface area contributed by atoms with Crippen molar-refractivity contribution in [2.45, 2.75) is 0 Å². The van der Waals surface area contributed by atoms with Crippen molar-refractivity contribution < 1.29 is 19.0 Å². The van der Waals surface area contributed by atoms with Crippen LogP contribution in [0.1, 0.15) is 0 Å². The second kappa shape index (κ2) is 5.16. The highest BCUT2D eigenvalue weighted by Gasteiger charge is 2.21. The molecule has 1 rings (SSSR count). The molecule has 0 aliphatic heterocycles. The molecule has 0 saturated heterocycles. The monoisotopic (exact) mass is 249 g/mol. The van der Waals surface area contributed by atoms with Crippen LogP contribution in [0, 0.1) is 0 Å². The lowest BCUT2D eigenvalue weighted by molar-refractivity contribution is -0.135. The molecule has 1 atom stereocenters. The van der Waals surface area contributed by atoms with E-state index in [0.717, 1.165) is 0 Å². The van der Waals surface area contributed by atoms with Gasteiger partial charge in [0.05, 0.1) is 0 Å². The Morgan fingerprint density at radius 1 is 1.47 bits per heavy atom. The van der Waals surface area contributed by atoms with E-state index in [2.05, 4.69) is 5.09 Å². The fourth-order valence-corrected chi connectivity index (χ4v) is 2.01. The van der Waals surface area contributed by atoms with Crippen molar-refractivity contribution in [1.29, 1.82) is 0 Å².